The third-order valence-corrected chi connectivity index (χ3v) is 7.16. The number of nitrogens with zero attached hydrogens (tertiary/aromatic N) is 2. The Morgan fingerprint density at radius 1 is 0.970 bits per heavy atom. The lowest BCUT2D eigenvalue weighted by Gasteiger charge is -2.24. The highest BCUT2D eigenvalue weighted by Crippen LogP contribution is 2.44. The first kappa shape index (κ1) is 22.9. The van der Waals surface area contributed by atoms with Crippen LogP contribution in [0.1, 0.15) is 59.6 Å². The summed E-state index contributed by atoms with van der Waals surface area (Å²) in [4.78, 5) is 33.4. The summed E-state index contributed by atoms with van der Waals surface area (Å²) < 4.78 is 0. The summed E-state index contributed by atoms with van der Waals surface area (Å²) in [5, 5.41) is 11.7. The number of ketones is 1. The molecule has 1 atom stereocenters. The minimum absolute atomic E-state index is 0.0359. The van der Waals surface area contributed by atoms with Crippen molar-refractivity contribution in [1.29, 1.82) is 0 Å². The van der Waals surface area contributed by atoms with Crippen LogP contribution in [0.4, 0.5) is 5.13 Å². The predicted molar refractivity (Wildman–Crippen MR) is 133 cm³/mol. The second-order valence-corrected chi connectivity index (χ2v) is 10.7. The first-order valence-electron chi connectivity index (χ1n) is 10.9. The quantitative estimate of drug-likeness (QED) is 0.296. The average molecular weight is 461 g/mol. The molecule has 1 aliphatic rings. The van der Waals surface area contributed by atoms with Crippen LogP contribution in [0.3, 0.4) is 0 Å². The van der Waals surface area contributed by atoms with Crippen LogP contribution in [-0.4, -0.2) is 21.8 Å². The zero-order valence-corrected chi connectivity index (χ0v) is 20.6. The summed E-state index contributed by atoms with van der Waals surface area (Å²) in [6, 6.07) is 14.4. The van der Waals surface area contributed by atoms with Crippen LogP contribution in [0.25, 0.3) is 5.76 Å². The first-order valence-corrected chi connectivity index (χ1v) is 11.7. The zero-order chi connectivity index (χ0) is 24.1. The van der Waals surface area contributed by atoms with Crippen LogP contribution in [0, 0.1) is 20.8 Å². The van der Waals surface area contributed by atoms with Gasteiger partial charge in [-0.15, -0.1) is 11.3 Å². The minimum Gasteiger partial charge on any atom is -0.507 e. The lowest BCUT2D eigenvalue weighted by atomic mass is 9.85. The largest absolute Gasteiger partial charge is 0.507 e. The topological polar surface area (TPSA) is 70.5 Å². The van der Waals surface area contributed by atoms with E-state index in [2.05, 4.69) is 25.8 Å². The zero-order valence-electron chi connectivity index (χ0n) is 19.8. The number of carbonyl (C=O) groups is 2. The Hall–Kier alpha value is -3.25. The number of Topliss-reactive ketones (excluding diaryl/α,β-unsaturated/α-hetero) is 1. The molecule has 0 bridgehead atoms. The Balaban J connectivity index is 1.92. The molecule has 2 aromatic carbocycles. The Bertz CT molecular complexity index is 1240. The molecule has 1 saturated heterocycles. The molecule has 1 fully saturated rings. The molecule has 1 N–H and O–H groups in total. The Morgan fingerprint density at radius 2 is 1.58 bits per heavy atom. The Morgan fingerprint density at radius 3 is 2.09 bits per heavy atom. The fraction of sp³-hybridized carbons (Fsp3) is 0.296. The van der Waals surface area contributed by atoms with Gasteiger partial charge in [0, 0.05) is 10.4 Å². The standard InChI is InChI=1S/C27H28N2O3S/c1-15-7-9-19(10-8-15)23(30)21-22(18-11-13-20(14-12-18)27(4,5)6)29(25(32)24(21)31)26-28-16(2)17(3)33-26/h7-14,22,30H,1-6H3/t22-/m1/s1. The molecule has 0 unspecified atom stereocenters. The second-order valence-electron chi connectivity index (χ2n) is 9.55. The molecular formula is C27H28N2O3S. The van der Waals surface area contributed by atoms with Gasteiger partial charge in [-0.25, -0.2) is 4.98 Å². The molecule has 170 valence electrons. The van der Waals surface area contributed by atoms with Crippen molar-refractivity contribution in [3.63, 3.8) is 0 Å². The molecule has 3 aromatic rings. The molecular weight excluding hydrogens is 432 g/mol. The van der Waals surface area contributed by atoms with Crippen LogP contribution in [-0.2, 0) is 15.0 Å². The van der Waals surface area contributed by atoms with Crippen molar-refractivity contribution in [2.24, 2.45) is 0 Å². The number of carbonyl (C=O) groups excluding carboxylic acids is 2. The van der Waals surface area contributed by atoms with Crippen molar-refractivity contribution in [1.82, 2.24) is 4.98 Å². The van der Waals surface area contributed by atoms with Crippen LogP contribution < -0.4 is 4.90 Å². The van der Waals surface area contributed by atoms with E-state index in [1.54, 1.807) is 12.1 Å². The number of aryl methyl sites for hydroxylation is 3. The third-order valence-electron chi connectivity index (χ3n) is 6.09. The van der Waals surface area contributed by atoms with Crippen molar-refractivity contribution >= 4 is 33.9 Å². The molecule has 0 spiro atoms. The number of aliphatic hydroxyl groups is 1. The molecule has 1 amide bonds. The van der Waals surface area contributed by atoms with Gasteiger partial charge in [0.2, 0.25) is 0 Å². The maximum absolute atomic E-state index is 13.2. The molecule has 0 saturated carbocycles. The lowest BCUT2D eigenvalue weighted by Crippen LogP contribution is -2.29. The summed E-state index contributed by atoms with van der Waals surface area (Å²) in [7, 11) is 0. The molecule has 6 heteroatoms. The molecule has 1 aromatic heterocycles. The first-order chi connectivity index (χ1) is 15.5. The molecule has 0 radical (unpaired) electrons. The normalized spacial score (nSPS) is 18.2. The van der Waals surface area contributed by atoms with E-state index in [-0.39, 0.29) is 16.7 Å². The van der Waals surface area contributed by atoms with Gasteiger partial charge in [0.25, 0.3) is 5.78 Å². The van der Waals surface area contributed by atoms with Crippen LogP contribution >= 0.6 is 11.3 Å². The number of rotatable bonds is 3. The fourth-order valence-corrected chi connectivity index (χ4v) is 4.87. The van der Waals surface area contributed by atoms with Crippen molar-refractivity contribution in [2.45, 2.75) is 53.0 Å². The van der Waals surface area contributed by atoms with E-state index in [1.165, 1.54) is 16.2 Å². The van der Waals surface area contributed by atoms with Gasteiger partial charge in [0.1, 0.15) is 5.76 Å². The summed E-state index contributed by atoms with van der Waals surface area (Å²) in [5.74, 6) is -1.56. The second kappa shape index (κ2) is 8.27. The van der Waals surface area contributed by atoms with E-state index in [0.29, 0.717) is 10.7 Å². The smallest absolute Gasteiger partial charge is 0.301 e. The van der Waals surface area contributed by atoms with E-state index in [1.807, 2.05) is 57.2 Å². The SMILES string of the molecule is Cc1ccc(C(O)=C2C(=O)C(=O)N(c3nc(C)c(C)s3)[C@@H]2c2ccc(C(C)(C)C)cc2)cc1. The van der Waals surface area contributed by atoms with Gasteiger partial charge in [0.05, 0.1) is 17.3 Å². The van der Waals surface area contributed by atoms with Gasteiger partial charge < -0.3 is 5.11 Å². The van der Waals surface area contributed by atoms with E-state index in [9.17, 15) is 14.7 Å². The van der Waals surface area contributed by atoms with Crippen LogP contribution in [0.2, 0.25) is 0 Å². The van der Waals surface area contributed by atoms with Crippen molar-refractivity contribution in [3.05, 3.63) is 86.9 Å². The number of hydrogen-bond acceptors (Lipinski definition) is 5. The third kappa shape index (κ3) is 4.11. The predicted octanol–water partition coefficient (Wildman–Crippen LogP) is 5.99. The van der Waals surface area contributed by atoms with Gasteiger partial charge in [-0.05, 0) is 37.3 Å². The molecule has 2 heterocycles. The highest BCUT2D eigenvalue weighted by Gasteiger charge is 2.48. The average Bonchev–Trinajstić information content (AvgIpc) is 3.23. The maximum Gasteiger partial charge on any atom is 0.301 e. The number of anilines is 1. The number of amides is 1. The minimum atomic E-state index is -0.759. The van der Waals surface area contributed by atoms with Gasteiger partial charge in [-0.1, -0.05) is 74.9 Å². The number of aliphatic hydroxyl groups excluding tert-OH is 1. The lowest BCUT2D eigenvalue weighted by molar-refractivity contribution is -0.132. The van der Waals surface area contributed by atoms with Crippen LogP contribution in [0.15, 0.2) is 54.1 Å². The summed E-state index contributed by atoms with van der Waals surface area (Å²) >= 11 is 1.37. The highest BCUT2D eigenvalue weighted by atomic mass is 32.1. The van der Waals surface area contributed by atoms with E-state index in [0.717, 1.165) is 27.3 Å². The maximum atomic E-state index is 13.2. The molecule has 4 rings (SSSR count). The molecule has 33 heavy (non-hydrogen) atoms. The Labute approximate surface area is 198 Å². The molecule has 5 nitrogen and oxygen atoms in total. The van der Waals surface area contributed by atoms with Crippen LogP contribution in [0.5, 0.6) is 0 Å². The number of thiazole rings is 1. The Kier molecular flexibility index (Phi) is 5.74. The summed E-state index contributed by atoms with van der Waals surface area (Å²) in [6.45, 7) is 12.2. The van der Waals surface area contributed by atoms with E-state index in [4.69, 9.17) is 0 Å². The van der Waals surface area contributed by atoms with Gasteiger partial charge in [-0.3, -0.25) is 14.5 Å². The van der Waals surface area contributed by atoms with E-state index >= 15 is 0 Å². The number of hydrogen-bond donors (Lipinski definition) is 1. The van der Waals surface area contributed by atoms with Gasteiger partial charge in [0.15, 0.2) is 5.13 Å². The van der Waals surface area contributed by atoms with E-state index < -0.39 is 17.7 Å². The van der Waals surface area contributed by atoms with Crippen molar-refractivity contribution in [2.75, 3.05) is 4.90 Å². The fourth-order valence-electron chi connectivity index (χ4n) is 3.94. The van der Waals surface area contributed by atoms with Crippen molar-refractivity contribution in [3.8, 4) is 0 Å². The monoisotopic (exact) mass is 460 g/mol. The highest BCUT2D eigenvalue weighted by molar-refractivity contribution is 7.16. The van der Waals surface area contributed by atoms with Crippen molar-refractivity contribution < 1.29 is 14.7 Å². The number of aromatic nitrogens is 1. The number of benzene rings is 2. The van der Waals surface area contributed by atoms with Gasteiger partial charge in [-0.2, -0.15) is 0 Å². The summed E-state index contributed by atoms with van der Waals surface area (Å²) in [6.07, 6.45) is 0. The van der Waals surface area contributed by atoms with Gasteiger partial charge >= 0.3 is 5.91 Å². The summed E-state index contributed by atoms with van der Waals surface area (Å²) in [5.41, 5.74) is 4.29. The molecule has 1 aliphatic heterocycles. The molecule has 0 aliphatic carbocycles.